The summed E-state index contributed by atoms with van der Waals surface area (Å²) in [6, 6.07) is 0. The molecule has 5 rings (SSSR count). The van der Waals surface area contributed by atoms with Crippen molar-refractivity contribution in [2.45, 2.75) is 93.1 Å². The van der Waals surface area contributed by atoms with Crippen LogP contribution in [0.15, 0.2) is 22.7 Å². The number of rotatable bonds is 3. The van der Waals surface area contributed by atoms with Crippen molar-refractivity contribution in [2.24, 2.45) is 52.3 Å². The largest absolute Gasteiger partial charge is 0.500 e. The second-order valence-electron chi connectivity index (χ2n) is 13.1. The molecule has 3 fully saturated rings. The van der Waals surface area contributed by atoms with Gasteiger partial charge in [-0.1, -0.05) is 34.6 Å². The summed E-state index contributed by atoms with van der Waals surface area (Å²) < 4.78 is 13.1. The number of carbonyl (C=O) groups excluding carboxylic acids is 1. The molecule has 4 aliphatic carbocycles. The molecule has 1 heterocycles. The molecule has 3 heteroatoms. The predicted molar refractivity (Wildman–Crippen MR) is 128 cm³/mol. The van der Waals surface area contributed by atoms with Gasteiger partial charge in [-0.3, -0.25) is 4.79 Å². The molecule has 0 aromatic rings. The number of fused-ring (bicyclic) bond motifs is 2. The van der Waals surface area contributed by atoms with Gasteiger partial charge in [0.2, 0.25) is 0 Å². The number of ether oxygens (including phenoxy) is 2. The van der Waals surface area contributed by atoms with E-state index in [4.69, 9.17) is 9.47 Å². The van der Waals surface area contributed by atoms with Crippen molar-refractivity contribution in [1.29, 1.82) is 0 Å². The van der Waals surface area contributed by atoms with Crippen LogP contribution in [0.4, 0.5) is 0 Å². The predicted octanol–water partition coefficient (Wildman–Crippen LogP) is 6.93. The van der Waals surface area contributed by atoms with Crippen LogP contribution in [-0.4, -0.2) is 18.5 Å². The van der Waals surface area contributed by atoms with Gasteiger partial charge in [-0.2, -0.15) is 0 Å². The number of methoxy groups -OCH3 is 1. The molecule has 0 aromatic heterocycles. The third-order valence-corrected chi connectivity index (χ3v) is 10.7. The van der Waals surface area contributed by atoms with Crippen LogP contribution >= 0.6 is 0 Å². The van der Waals surface area contributed by atoms with Gasteiger partial charge < -0.3 is 9.47 Å². The summed E-state index contributed by atoms with van der Waals surface area (Å²) in [6.07, 6.45) is 6.22. The first-order valence-corrected chi connectivity index (χ1v) is 13.2. The number of carbonyl (C=O) groups is 1. The van der Waals surface area contributed by atoms with Gasteiger partial charge in [0.1, 0.15) is 17.1 Å². The Morgan fingerprint density at radius 2 is 1.75 bits per heavy atom. The molecule has 3 nitrogen and oxygen atoms in total. The fourth-order valence-corrected chi connectivity index (χ4v) is 9.25. The first kappa shape index (κ1) is 22.5. The van der Waals surface area contributed by atoms with Crippen LogP contribution in [0.2, 0.25) is 0 Å². The Balaban J connectivity index is 1.61. The standard InChI is InChI=1S/C29H44O3/c1-15(2)19-11-10-17(5)29-13-12-28(24(29)22(19)29)14-20(16(3)4)21-23(30)18(6)25(31-9)27(7,8)26(21)32-28/h15-17,19-20,22,24H,10-14H2,1-9H3. The maximum atomic E-state index is 13.6. The first-order valence-electron chi connectivity index (χ1n) is 13.2. The monoisotopic (exact) mass is 440 g/mol. The van der Waals surface area contributed by atoms with Crippen molar-refractivity contribution in [2.75, 3.05) is 7.11 Å². The van der Waals surface area contributed by atoms with E-state index in [1.807, 2.05) is 6.92 Å². The smallest absolute Gasteiger partial charge is 0.191 e. The molecule has 0 radical (unpaired) electrons. The fraction of sp³-hybridized carbons (Fsp3) is 0.828. The first-order chi connectivity index (χ1) is 14.9. The zero-order chi connectivity index (χ0) is 23.4. The lowest BCUT2D eigenvalue weighted by Gasteiger charge is -2.50. The highest BCUT2D eigenvalue weighted by molar-refractivity contribution is 6.10. The Morgan fingerprint density at radius 3 is 2.34 bits per heavy atom. The number of ketones is 1. The van der Waals surface area contributed by atoms with E-state index in [1.54, 1.807) is 7.11 Å². The third kappa shape index (κ3) is 2.57. The molecule has 32 heavy (non-hydrogen) atoms. The Hall–Kier alpha value is -1.25. The lowest BCUT2D eigenvalue weighted by molar-refractivity contribution is -0.120. The van der Waals surface area contributed by atoms with Crippen molar-refractivity contribution < 1.29 is 14.3 Å². The molecule has 5 aliphatic rings. The van der Waals surface area contributed by atoms with Crippen LogP contribution in [0.5, 0.6) is 0 Å². The second kappa shape index (κ2) is 6.89. The highest BCUT2D eigenvalue weighted by Gasteiger charge is 2.81. The van der Waals surface area contributed by atoms with E-state index in [-0.39, 0.29) is 17.3 Å². The van der Waals surface area contributed by atoms with E-state index >= 15 is 0 Å². The molecule has 7 atom stereocenters. The maximum Gasteiger partial charge on any atom is 0.191 e. The van der Waals surface area contributed by atoms with Crippen LogP contribution in [0.3, 0.4) is 0 Å². The summed E-state index contributed by atoms with van der Waals surface area (Å²) in [5.74, 6) is 6.37. The Morgan fingerprint density at radius 1 is 1.06 bits per heavy atom. The van der Waals surface area contributed by atoms with Gasteiger partial charge >= 0.3 is 0 Å². The molecular weight excluding hydrogens is 396 g/mol. The van der Waals surface area contributed by atoms with Crippen LogP contribution in [0.25, 0.3) is 0 Å². The van der Waals surface area contributed by atoms with Crippen molar-refractivity contribution in [1.82, 2.24) is 0 Å². The molecule has 3 saturated carbocycles. The summed E-state index contributed by atoms with van der Waals surface area (Å²) in [5.41, 5.74) is 1.68. The summed E-state index contributed by atoms with van der Waals surface area (Å²) in [6.45, 7) is 18.3. The average molecular weight is 441 g/mol. The van der Waals surface area contributed by atoms with Crippen molar-refractivity contribution in [3.8, 4) is 0 Å². The Labute approximate surface area is 195 Å². The lowest BCUT2D eigenvalue weighted by atomic mass is 9.65. The topological polar surface area (TPSA) is 35.5 Å². The van der Waals surface area contributed by atoms with E-state index in [2.05, 4.69) is 48.5 Å². The summed E-state index contributed by atoms with van der Waals surface area (Å²) >= 11 is 0. The molecule has 7 unspecified atom stereocenters. The van der Waals surface area contributed by atoms with Crippen molar-refractivity contribution >= 4 is 5.78 Å². The van der Waals surface area contributed by atoms with Gasteiger partial charge in [-0.05, 0) is 93.8 Å². The molecule has 1 aliphatic heterocycles. The van der Waals surface area contributed by atoms with Crippen LogP contribution in [0, 0.1) is 52.3 Å². The number of Topliss-reactive ketones (excluding diaryl/α,β-unsaturated/α-hetero) is 1. The highest BCUT2D eigenvalue weighted by atomic mass is 16.5. The summed E-state index contributed by atoms with van der Waals surface area (Å²) in [7, 11) is 1.70. The van der Waals surface area contributed by atoms with E-state index in [1.165, 1.54) is 19.3 Å². The quantitative estimate of drug-likeness (QED) is 0.477. The molecule has 0 bridgehead atoms. The average Bonchev–Trinajstić information content (AvgIpc) is 3.33. The lowest BCUT2D eigenvalue weighted by Crippen LogP contribution is -2.48. The van der Waals surface area contributed by atoms with Gasteiger partial charge in [-0.15, -0.1) is 0 Å². The van der Waals surface area contributed by atoms with Gasteiger partial charge in [-0.25, -0.2) is 0 Å². The highest BCUT2D eigenvalue weighted by Crippen LogP contribution is 2.82. The van der Waals surface area contributed by atoms with Crippen LogP contribution in [-0.2, 0) is 14.3 Å². The van der Waals surface area contributed by atoms with Gasteiger partial charge in [0, 0.05) is 17.1 Å². The van der Waals surface area contributed by atoms with E-state index in [0.717, 1.165) is 59.2 Å². The number of allylic oxidation sites excluding steroid dienone is 2. The molecule has 0 N–H and O–H groups in total. The van der Waals surface area contributed by atoms with Crippen molar-refractivity contribution in [3.05, 3.63) is 22.7 Å². The Bertz CT molecular complexity index is 905. The zero-order valence-corrected chi connectivity index (χ0v) is 21.8. The Kier molecular flexibility index (Phi) is 4.85. The summed E-state index contributed by atoms with van der Waals surface area (Å²) in [5, 5.41) is 0. The minimum Gasteiger partial charge on any atom is -0.500 e. The van der Waals surface area contributed by atoms with Gasteiger partial charge in [0.15, 0.2) is 5.78 Å². The van der Waals surface area contributed by atoms with E-state index in [0.29, 0.717) is 17.3 Å². The zero-order valence-electron chi connectivity index (χ0n) is 21.8. The molecule has 0 aromatic carbocycles. The molecule has 0 amide bonds. The summed E-state index contributed by atoms with van der Waals surface area (Å²) in [4.78, 5) is 13.6. The van der Waals surface area contributed by atoms with E-state index < -0.39 is 5.41 Å². The maximum absolute atomic E-state index is 13.6. The second-order valence-corrected chi connectivity index (χ2v) is 13.1. The number of hydrogen-bond donors (Lipinski definition) is 0. The minimum atomic E-state index is -0.401. The van der Waals surface area contributed by atoms with E-state index in [9.17, 15) is 4.79 Å². The molecule has 0 saturated heterocycles. The molecule has 178 valence electrons. The number of hydrogen-bond acceptors (Lipinski definition) is 3. The van der Waals surface area contributed by atoms with Gasteiger partial charge in [0.25, 0.3) is 0 Å². The van der Waals surface area contributed by atoms with Crippen LogP contribution in [0.1, 0.15) is 87.5 Å². The van der Waals surface area contributed by atoms with Crippen LogP contribution < -0.4 is 0 Å². The molecular formula is C29H44O3. The minimum absolute atomic E-state index is 0.105. The fourth-order valence-electron chi connectivity index (χ4n) is 9.25. The third-order valence-electron chi connectivity index (χ3n) is 10.7. The van der Waals surface area contributed by atoms with Gasteiger partial charge in [0.05, 0.1) is 12.5 Å². The van der Waals surface area contributed by atoms with Crippen molar-refractivity contribution in [3.63, 3.8) is 0 Å². The molecule has 2 spiro atoms. The normalized spacial score (nSPS) is 44.6. The SMILES string of the molecule is COC1=C(C)C(=O)C2=C(OC3(CCC45C(C)CCC(C(C)C)C4C35)CC2C(C)C)C1(C)C.